The highest BCUT2D eigenvalue weighted by Gasteiger charge is 2.17. The number of carbonyl (C=O) groups excluding carboxylic acids is 1. The second-order valence-electron chi connectivity index (χ2n) is 4.26. The van der Waals surface area contributed by atoms with E-state index in [1.165, 1.54) is 0 Å². The van der Waals surface area contributed by atoms with Crippen molar-refractivity contribution in [3.05, 3.63) is 88.1 Å². The molecule has 0 aliphatic carbocycles. The fraction of sp³-hybridized carbons (Fsp3) is 0.0625. The Hall–Kier alpha value is -2.95. The minimum Gasteiger partial charge on any atom is -0.457 e. The molecule has 106 valence electrons. The van der Waals surface area contributed by atoms with Crippen molar-refractivity contribution < 1.29 is 14.5 Å². The van der Waals surface area contributed by atoms with E-state index in [1.54, 1.807) is 30.3 Å². The third-order valence-electron chi connectivity index (χ3n) is 2.75. The van der Waals surface area contributed by atoms with Crippen LogP contribution in [0.15, 0.2) is 66.9 Å². The zero-order valence-corrected chi connectivity index (χ0v) is 11.1. The normalized spacial score (nSPS) is 11.0. The van der Waals surface area contributed by atoms with Gasteiger partial charge in [0.15, 0.2) is 0 Å². The minimum absolute atomic E-state index is 0.0710. The van der Waals surface area contributed by atoms with E-state index in [9.17, 15) is 14.9 Å². The van der Waals surface area contributed by atoms with E-state index in [4.69, 9.17) is 4.74 Å². The van der Waals surface area contributed by atoms with E-state index in [1.807, 2.05) is 30.3 Å². The molecule has 5 heteroatoms. The van der Waals surface area contributed by atoms with Crippen LogP contribution < -0.4 is 0 Å². The van der Waals surface area contributed by atoms with Crippen LogP contribution in [-0.2, 0) is 16.1 Å². The maximum atomic E-state index is 12.1. The average Bonchev–Trinajstić information content (AvgIpc) is 2.52. The van der Waals surface area contributed by atoms with Crippen molar-refractivity contribution in [3.63, 3.8) is 0 Å². The van der Waals surface area contributed by atoms with Crippen molar-refractivity contribution in [3.8, 4) is 0 Å². The molecule has 0 saturated carbocycles. The maximum absolute atomic E-state index is 12.1. The quantitative estimate of drug-likeness (QED) is 0.366. The van der Waals surface area contributed by atoms with Crippen LogP contribution in [0.4, 0.5) is 0 Å². The predicted molar refractivity (Wildman–Crippen MR) is 77.7 cm³/mol. The van der Waals surface area contributed by atoms with Crippen molar-refractivity contribution in [2.24, 2.45) is 0 Å². The molecule has 0 aromatic heterocycles. The summed E-state index contributed by atoms with van der Waals surface area (Å²) in [6.45, 7) is 0.0710. The van der Waals surface area contributed by atoms with Crippen molar-refractivity contribution >= 4 is 11.5 Å². The molecular weight excluding hydrogens is 270 g/mol. The van der Waals surface area contributed by atoms with Crippen LogP contribution in [0.5, 0.6) is 0 Å². The highest BCUT2D eigenvalue weighted by molar-refractivity contribution is 6.16. The highest BCUT2D eigenvalue weighted by Crippen LogP contribution is 2.16. The largest absolute Gasteiger partial charge is 0.457 e. The Bertz CT molecular complexity index is 650. The summed E-state index contributed by atoms with van der Waals surface area (Å²) >= 11 is 0. The van der Waals surface area contributed by atoms with Gasteiger partial charge in [-0.15, -0.1) is 0 Å². The molecule has 0 bridgehead atoms. The number of carbonyl (C=O) groups is 1. The Morgan fingerprint density at radius 3 is 2.19 bits per heavy atom. The summed E-state index contributed by atoms with van der Waals surface area (Å²) in [6, 6.07) is 17.6. The molecule has 5 nitrogen and oxygen atoms in total. The lowest BCUT2D eigenvalue weighted by Crippen LogP contribution is -2.09. The Kier molecular flexibility index (Phi) is 4.82. The molecule has 0 spiro atoms. The molecule has 0 N–H and O–H groups in total. The van der Waals surface area contributed by atoms with E-state index in [0.717, 1.165) is 5.56 Å². The van der Waals surface area contributed by atoms with Gasteiger partial charge < -0.3 is 4.74 Å². The molecule has 2 aromatic carbocycles. The van der Waals surface area contributed by atoms with Gasteiger partial charge >= 0.3 is 5.97 Å². The highest BCUT2D eigenvalue weighted by atomic mass is 16.6. The third-order valence-corrected chi connectivity index (χ3v) is 2.75. The lowest BCUT2D eigenvalue weighted by molar-refractivity contribution is -0.401. The third kappa shape index (κ3) is 4.28. The van der Waals surface area contributed by atoms with Gasteiger partial charge in [0.2, 0.25) is 6.20 Å². The van der Waals surface area contributed by atoms with E-state index in [2.05, 4.69) is 0 Å². The van der Waals surface area contributed by atoms with Crippen molar-refractivity contribution in [1.82, 2.24) is 0 Å². The zero-order chi connectivity index (χ0) is 15.1. The van der Waals surface area contributed by atoms with Crippen molar-refractivity contribution in [2.75, 3.05) is 0 Å². The number of benzene rings is 2. The summed E-state index contributed by atoms with van der Waals surface area (Å²) in [7, 11) is 0. The fourth-order valence-corrected chi connectivity index (χ4v) is 1.77. The first-order chi connectivity index (χ1) is 10.2. The van der Waals surface area contributed by atoms with Crippen LogP contribution >= 0.6 is 0 Å². The van der Waals surface area contributed by atoms with Crippen LogP contribution in [-0.4, -0.2) is 10.9 Å². The second kappa shape index (κ2) is 7.00. The molecule has 0 radical (unpaired) electrons. The summed E-state index contributed by atoms with van der Waals surface area (Å²) in [4.78, 5) is 22.1. The molecule has 0 aliphatic rings. The SMILES string of the molecule is O=C(OCc1ccccc1)/C(=C\[N+](=O)[O-])c1ccccc1. The molecule has 21 heavy (non-hydrogen) atoms. The van der Waals surface area contributed by atoms with Crippen molar-refractivity contribution in [2.45, 2.75) is 6.61 Å². The first-order valence-electron chi connectivity index (χ1n) is 6.28. The van der Waals surface area contributed by atoms with Gasteiger partial charge in [0, 0.05) is 0 Å². The Labute approximate surface area is 121 Å². The fourth-order valence-electron chi connectivity index (χ4n) is 1.77. The number of nitrogens with zero attached hydrogens (tertiary/aromatic N) is 1. The van der Waals surface area contributed by atoms with Gasteiger partial charge in [-0.25, -0.2) is 4.79 Å². The summed E-state index contributed by atoms with van der Waals surface area (Å²) in [5.74, 6) is -0.721. The Morgan fingerprint density at radius 1 is 1.05 bits per heavy atom. The second-order valence-corrected chi connectivity index (χ2v) is 4.26. The molecule has 0 amide bonds. The topological polar surface area (TPSA) is 69.4 Å². The number of nitro groups is 1. The summed E-state index contributed by atoms with van der Waals surface area (Å²) in [5.41, 5.74) is 1.20. The predicted octanol–water partition coefficient (Wildman–Crippen LogP) is 3.05. The smallest absolute Gasteiger partial charge is 0.345 e. The Balaban J connectivity index is 2.14. The molecular formula is C16H13NO4. The molecule has 2 rings (SSSR count). The number of hydrogen-bond acceptors (Lipinski definition) is 4. The number of hydrogen-bond donors (Lipinski definition) is 0. The average molecular weight is 283 g/mol. The first-order valence-corrected chi connectivity index (χ1v) is 6.28. The van der Waals surface area contributed by atoms with Gasteiger partial charge in [-0.1, -0.05) is 60.7 Å². The summed E-state index contributed by atoms with van der Waals surface area (Å²) in [5, 5.41) is 10.7. The van der Waals surface area contributed by atoms with E-state index < -0.39 is 10.9 Å². The molecule has 0 unspecified atom stereocenters. The lowest BCUT2D eigenvalue weighted by Gasteiger charge is -2.06. The van der Waals surface area contributed by atoms with Crippen LogP contribution in [0.25, 0.3) is 5.57 Å². The minimum atomic E-state index is -0.721. The van der Waals surface area contributed by atoms with Crippen LogP contribution in [0.1, 0.15) is 11.1 Å². The maximum Gasteiger partial charge on any atom is 0.345 e. The van der Waals surface area contributed by atoms with Crippen LogP contribution in [0.3, 0.4) is 0 Å². The lowest BCUT2D eigenvalue weighted by atomic mass is 10.1. The first kappa shape index (κ1) is 14.5. The Morgan fingerprint density at radius 2 is 1.62 bits per heavy atom. The van der Waals surface area contributed by atoms with Gasteiger partial charge in [0.25, 0.3) is 0 Å². The van der Waals surface area contributed by atoms with Gasteiger partial charge in [0.05, 0.1) is 4.92 Å². The van der Waals surface area contributed by atoms with Gasteiger partial charge in [0.1, 0.15) is 12.2 Å². The van der Waals surface area contributed by atoms with Gasteiger partial charge in [-0.3, -0.25) is 10.1 Å². The molecule has 0 saturated heterocycles. The van der Waals surface area contributed by atoms with Gasteiger partial charge in [-0.2, -0.15) is 0 Å². The monoisotopic (exact) mass is 283 g/mol. The molecule has 0 atom stereocenters. The summed E-state index contributed by atoms with van der Waals surface area (Å²) in [6.07, 6.45) is 0.669. The van der Waals surface area contributed by atoms with Crippen molar-refractivity contribution in [1.29, 1.82) is 0 Å². The molecule has 2 aromatic rings. The zero-order valence-electron chi connectivity index (χ0n) is 11.1. The standard InChI is InChI=1S/C16H13NO4/c18-16(21-12-13-7-3-1-4-8-13)15(11-17(19)20)14-9-5-2-6-10-14/h1-11H,12H2/b15-11-. The van der Waals surface area contributed by atoms with E-state index in [0.29, 0.717) is 11.8 Å². The molecule has 0 heterocycles. The van der Waals surface area contributed by atoms with E-state index in [-0.39, 0.29) is 12.2 Å². The van der Waals surface area contributed by atoms with Gasteiger partial charge in [-0.05, 0) is 11.1 Å². The number of ether oxygens (including phenoxy) is 1. The van der Waals surface area contributed by atoms with Crippen LogP contribution in [0.2, 0.25) is 0 Å². The molecule has 0 aliphatic heterocycles. The number of esters is 1. The molecule has 0 fully saturated rings. The van der Waals surface area contributed by atoms with Crippen LogP contribution in [0, 0.1) is 10.1 Å². The van der Waals surface area contributed by atoms with E-state index >= 15 is 0 Å². The number of rotatable bonds is 5. The summed E-state index contributed by atoms with van der Waals surface area (Å²) < 4.78 is 5.13.